The zero-order chi connectivity index (χ0) is 5.98. The van der Waals surface area contributed by atoms with Crippen LogP contribution in [0.3, 0.4) is 0 Å². The van der Waals surface area contributed by atoms with Crippen LogP contribution in [-0.2, 0) is 0 Å². The van der Waals surface area contributed by atoms with E-state index < -0.39 is 0 Å². The Kier molecular flexibility index (Phi) is 1.15. The quantitative estimate of drug-likeness (QED) is 0.490. The van der Waals surface area contributed by atoms with Crippen molar-refractivity contribution in [3.8, 4) is 0 Å². The SMILES string of the molecule is CN(C)n1ccnn1. The molecule has 0 aromatic carbocycles. The van der Waals surface area contributed by atoms with Gasteiger partial charge in [0.15, 0.2) is 0 Å². The summed E-state index contributed by atoms with van der Waals surface area (Å²) in [5.41, 5.74) is 0. The van der Waals surface area contributed by atoms with Crippen molar-refractivity contribution in [3.63, 3.8) is 0 Å². The molecule has 0 saturated carbocycles. The lowest BCUT2D eigenvalue weighted by Crippen LogP contribution is -2.25. The molecule has 0 atom stereocenters. The largest absolute Gasteiger partial charge is 0.302 e. The maximum atomic E-state index is 3.71. The molecular formula is C4H8N4. The number of hydrogen-bond acceptors (Lipinski definition) is 3. The minimum atomic E-state index is 1.64. The van der Waals surface area contributed by atoms with Crippen LogP contribution >= 0.6 is 0 Å². The first kappa shape index (κ1) is 5.08. The van der Waals surface area contributed by atoms with Crippen LogP contribution in [0.5, 0.6) is 0 Å². The third-order valence-electron chi connectivity index (χ3n) is 0.820. The zero-order valence-corrected chi connectivity index (χ0v) is 4.94. The van der Waals surface area contributed by atoms with Crippen LogP contribution < -0.4 is 5.01 Å². The summed E-state index contributed by atoms with van der Waals surface area (Å²) in [6, 6.07) is 0. The Morgan fingerprint density at radius 1 is 1.50 bits per heavy atom. The van der Waals surface area contributed by atoms with Crippen LogP contribution in [0.4, 0.5) is 0 Å². The Balaban J connectivity index is 2.77. The van der Waals surface area contributed by atoms with Crippen molar-refractivity contribution in [2.75, 3.05) is 19.1 Å². The molecule has 0 amide bonds. The van der Waals surface area contributed by atoms with Gasteiger partial charge in [-0.05, 0) is 5.21 Å². The van der Waals surface area contributed by atoms with Gasteiger partial charge in [-0.15, -0.1) is 5.10 Å². The minimum Gasteiger partial charge on any atom is -0.302 e. The smallest absolute Gasteiger partial charge is 0.0715 e. The van der Waals surface area contributed by atoms with Crippen molar-refractivity contribution in [2.24, 2.45) is 0 Å². The first-order valence-electron chi connectivity index (χ1n) is 2.34. The number of hydrogen-bond donors (Lipinski definition) is 0. The van der Waals surface area contributed by atoms with Crippen molar-refractivity contribution < 1.29 is 0 Å². The van der Waals surface area contributed by atoms with Crippen molar-refractivity contribution in [1.29, 1.82) is 0 Å². The molecule has 0 radical (unpaired) electrons. The maximum Gasteiger partial charge on any atom is 0.0715 e. The van der Waals surface area contributed by atoms with E-state index in [1.807, 2.05) is 19.1 Å². The van der Waals surface area contributed by atoms with Gasteiger partial charge in [-0.1, -0.05) is 0 Å². The highest BCUT2D eigenvalue weighted by Gasteiger charge is 1.86. The summed E-state index contributed by atoms with van der Waals surface area (Å²) in [7, 11) is 3.80. The van der Waals surface area contributed by atoms with Crippen molar-refractivity contribution in [2.45, 2.75) is 0 Å². The zero-order valence-electron chi connectivity index (χ0n) is 4.94. The molecule has 1 heterocycles. The van der Waals surface area contributed by atoms with Crippen LogP contribution in [-0.4, -0.2) is 29.2 Å². The highest BCUT2D eigenvalue weighted by molar-refractivity contribution is 4.72. The number of nitrogens with zero attached hydrogens (tertiary/aromatic N) is 4. The molecule has 8 heavy (non-hydrogen) atoms. The second-order valence-electron chi connectivity index (χ2n) is 1.67. The fourth-order valence-corrected chi connectivity index (χ4v) is 0.415. The lowest BCUT2D eigenvalue weighted by molar-refractivity contribution is 0.609. The molecule has 0 spiro atoms. The highest BCUT2D eigenvalue weighted by Crippen LogP contribution is 1.75. The van der Waals surface area contributed by atoms with Gasteiger partial charge in [-0.25, -0.2) is 0 Å². The first-order chi connectivity index (χ1) is 3.80. The molecule has 0 saturated heterocycles. The Labute approximate surface area is 47.7 Å². The van der Waals surface area contributed by atoms with Gasteiger partial charge in [0.1, 0.15) is 0 Å². The van der Waals surface area contributed by atoms with Crippen LogP contribution in [0.25, 0.3) is 0 Å². The van der Waals surface area contributed by atoms with Crippen molar-refractivity contribution in [3.05, 3.63) is 12.4 Å². The molecule has 0 N–H and O–H groups in total. The van der Waals surface area contributed by atoms with E-state index in [0.29, 0.717) is 0 Å². The third-order valence-corrected chi connectivity index (χ3v) is 0.820. The normalized spacial score (nSPS) is 9.25. The van der Waals surface area contributed by atoms with Gasteiger partial charge in [0.2, 0.25) is 0 Å². The lowest BCUT2D eigenvalue weighted by Gasteiger charge is -2.08. The van der Waals surface area contributed by atoms with E-state index >= 15 is 0 Å². The van der Waals surface area contributed by atoms with Crippen LogP contribution in [0.15, 0.2) is 12.4 Å². The molecular weight excluding hydrogens is 104 g/mol. The fourth-order valence-electron chi connectivity index (χ4n) is 0.415. The highest BCUT2D eigenvalue weighted by atomic mass is 15.7. The van der Waals surface area contributed by atoms with Gasteiger partial charge in [-0.2, -0.15) is 4.79 Å². The topological polar surface area (TPSA) is 34.0 Å². The van der Waals surface area contributed by atoms with E-state index in [1.54, 1.807) is 17.2 Å². The summed E-state index contributed by atoms with van der Waals surface area (Å²) >= 11 is 0. The summed E-state index contributed by atoms with van der Waals surface area (Å²) in [6.45, 7) is 0. The Bertz CT molecular complexity index is 143. The van der Waals surface area contributed by atoms with E-state index in [2.05, 4.69) is 10.3 Å². The summed E-state index contributed by atoms with van der Waals surface area (Å²) in [6.07, 6.45) is 3.42. The summed E-state index contributed by atoms with van der Waals surface area (Å²) in [5.74, 6) is 0. The number of rotatable bonds is 1. The molecule has 1 aromatic rings. The Morgan fingerprint density at radius 2 is 2.25 bits per heavy atom. The Hall–Kier alpha value is -1.06. The predicted octanol–water partition coefficient (Wildman–Crippen LogP) is -0.524. The molecule has 0 aliphatic carbocycles. The molecule has 0 bridgehead atoms. The van der Waals surface area contributed by atoms with Gasteiger partial charge < -0.3 is 5.01 Å². The molecule has 0 unspecified atom stereocenters. The predicted molar refractivity (Wildman–Crippen MR) is 30.1 cm³/mol. The molecule has 1 aromatic heterocycles. The van der Waals surface area contributed by atoms with Gasteiger partial charge in [0, 0.05) is 14.1 Å². The second-order valence-corrected chi connectivity index (χ2v) is 1.67. The van der Waals surface area contributed by atoms with Gasteiger partial charge in [0.25, 0.3) is 0 Å². The minimum absolute atomic E-state index is 1.64. The molecule has 4 heteroatoms. The third kappa shape index (κ3) is 0.776. The van der Waals surface area contributed by atoms with Gasteiger partial charge in [0.05, 0.1) is 12.4 Å². The fraction of sp³-hybridized carbons (Fsp3) is 0.500. The molecule has 1 rings (SSSR count). The second kappa shape index (κ2) is 1.81. The molecule has 0 aliphatic rings. The molecule has 0 aliphatic heterocycles. The Morgan fingerprint density at radius 3 is 2.50 bits per heavy atom. The van der Waals surface area contributed by atoms with E-state index in [0.717, 1.165) is 0 Å². The van der Waals surface area contributed by atoms with Crippen LogP contribution in [0.2, 0.25) is 0 Å². The summed E-state index contributed by atoms with van der Waals surface area (Å²) < 4.78 is 0. The van der Waals surface area contributed by atoms with E-state index in [-0.39, 0.29) is 0 Å². The average molecular weight is 112 g/mol. The standard InChI is InChI=1S/C4H8N4/c1-7(2)8-4-3-5-6-8/h3-4H,1-2H3. The van der Waals surface area contributed by atoms with E-state index in [9.17, 15) is 0 Å². The monoisotopic (exact) mass is 112 g/mol. The van der Waals surface area contributed by atoms with Gasteiger partial charge >= 0.3 is 0 Å². The molecule has 44 valence electrons. The molecule has 0 fully saturated rings. The van der Waals surface area contributed by atoms with Crippen LogP contribution in [0.1, 0.15) is 0 Å². The lowest BCUT2D eigenvalue weighted by atomic mass is 10.9. The van der Waals surface area contributed by atoms with E-state index in [1.165, 1.54) is 0 Å². The van der Waals surface area contributed by atoms with Crippen molar-refractivity contribution in [1.82, 2.24) is 15.1 Å². The average Bonchev–Trinajstić information content (AvgIpc) is 2.12. The maximum absolute atomic E-state index is 3.71. The first-order valence-corrected chi connectivity index (χ1v) is 2.34. The van der Waals surface area contributed by atoms with E-state index in [4.69, 9.17) is 0 Å². The summed E-state index contributed by atoms with van der Waals surface area (Å²) in [4.78, 5) is 1.64. The number of aromatic nitrogens is 3. The molecule has 4 nitrogen and oxygen atoms in total. The van der Waals surface area contributed by atoms with Crippen LogP contribution in [0, 0.1) is 0 Å². The summed E-state index contributed by atoms with van der Waals surface area (Å²) in [5, 5.41) is 9.15. The van der Waals surface area contributed by atoms with Gasteiger partial charge in [-0.3, -0.25) is 0 Å². The van der Waals surface area contributed by atoms with Crippen molar-refractivity contribution >= 4 is 0 Å².